The number of nitrogens with zero attached hydrogens (tertiary/aromatic N) is 2. The van der Waals surface area contributed by atoms with Gasteiger partial charge >= 0.3 is 0 Å². The van der Waals surface area contributed by atoms with Crippen LogP contribution in [0, 0.1) is 5.92 Å². The Morgan fingerprint density at radius 2 is 2.27 bits per heavy atom. The second-order valence-corrected chi connectivity index (χ2v) is 3.36. The monoisotopic (exact) mass is 211 g/mol. The number of methoxy groups -OCH3 is 2. The normalized spacial score (nSPS) is 12.2. The van der Waals surface area contributed by atoms with Crippen molar-refractivity contribution in [3.63, 3.8) is 0 Å². The third-order valence-electron chi connectivity index (χ3n) is 1.90. The molecule has 0 radical (unpaired) electrons. The molecule has 0 spiro atoms. The molecular formula is C10H17N3O2. The Labute approximate surface area is 89.8 Å². The summed E-state index contributed by atoms with van der Waals surface area (Å²) in [5, 5.41) is 3.12. The summed E-state index contributed by atoms with van der Waals surface area (Å²) in [7, 11) is 3.28. The van der Waals surface area contributed by atoms with Gasteiger partial charge in [0.25, 0.3) is 0 Å². The largest absolute Gasteiger partial charge is 0.481 e. The topological polar surface area (TPSA) is 56.3 Å². The van der Waals surface area contributed by atoms with Crippen LogP contribution in [0.15, 0.2) is 12.3 Å². The number of hydrogen-bond donors (Lipinski definition) is 1. The lowest BCUT2D eigenvalue weighted by molar-refractivity contribution is 0.164. The van der Waals surface area contributed by atoms with E-state index in [1.54, 1.807) is 26.5 Å². The third-order valence-corrected chi connectivity index (χ3v) is 1.90. The van der Waals surface area contributed by atoms with Crippen molar-refractivity contribution in [2.75, 3.05) is 32.7 Å². The molecule has 0 aliphatic heterocycles. The zero-order valence-corrected chi connectivity index (χ0v) is 9.36. The van der Waals surface area contributed by atoms with Crippen LogP contribution >= 0.6 is 0 Å². The van der Waals surface area contributed by atoms with Gasteiger partial charge in [0.1, 0.15) is 0 Å². The molecule has 1 aromatic heterocycles. The van der Waals surface area contributed by atoms with Crippen molar-refractivity contribution in [1.82, 2.24) is 9.97 Å². The molecule has 1 rings (SSSR count). The first-order valence-corrected chi connectivity index (χ1v) is 4.86. The zero-order chi connectivity index (χ0) is 11.1. The van der Waals surface area contributed by atoms with Gasteiger partial charge in [-0.1, -0.05) is 6.92 Å². The summed E-state index contributed by atoms with van der Waals surface area (Å²) < 4.78 is 10.0. The second kappa shape index (κ2) is 6.19. The summed E-state index contributed by atoms with van der Waals surface area (Å²) in [6.45, 7) is 3.59. The molecule has 0 aliphatic rings. The highest BCUT2D eigenvalue weighted by atomic mass is 16.5. The summed E-state index contributed by atoms with van der Waals surface area (Å²) in [5.41, 5.74) is 0. The van der Waals surface area contributed by atoms with E-state index < -0.39 is 0 Å². The van der Waals surface area contributed by atoms with Crippen LogP contribution in [-0.2, 0) is 4.74 Å². The number of ether oxygens (including phenoxy) is 2. The molecule has 0 bridgehead atoms. The van der Waals surface area contributed by atoms with E-state index in [0.717, 1.165) is 13.2 Å². The van der Waals surface area contributed by atoms with E-state index in [0.29, 0.717) is 17.7 Å². The Kier molecular flexibility index (Phi) is 4.83. The van der Waals surface area contributed by atoms with E-state index in [1.165, 1.54) is 0 Å². The van der Waals surface area contributed by atoms with Crippen LogP contribution in [0.2, 0.25) is 0 Å². The summed E-state index contributed by atoms with van der Waals surface area (Å²) in [6.07, 6.45) is 1.66. The molecule has 84 valence electrons. The Morgan fingerprint density at radius 3 is 2.93 bits per heavy atom. The summed E-state index contributed by atoms with van der Waals surface area (Å²) in [4.78, 5) is 8.21. The van der Waals surface area contributed by atoms with E-state index in [2.05, 4.69) is 22.2 Å². The molecule has 0 fully saturated rings. The Bertz CT molecular complexity index is 294. The molecule has 1 N–H and O–H groups in total. The molecule has 0 unspecified atom stereocenters. The zero-order valence-electron chi connectivity index (χ0n) is 9.36. The van der Waals surface area contributed by atoms with Crippen molar-refractivity contribution in [2.24, 2.45) is 5.92 Å². The van der Waals surface area contributed by atoms with Crippen LogP contribution in [0.25, 0.3) is 0 Å². The van der Waals surface area contributed by atoms with Crippen LogP contribution in [0.1, 0.15) is 6.92 Å². The van der Waals surface area contributed by atoms with Gasteiger partial charge < -0.3 is 14.8 Å². The van der Waals surface area contributed by atoms with Crippen molar-refractivity contribution in [1.29, 1.82) is 0 Å². The first-order valence-electron chi connectivity index (χ1n) is 4.86. The number of anilines is 1. The smallest absolute Gasteiger partial charge is 0.225 e. The summed E-state index contributed by atoms with van der Waals surface area (Å²) >= 11 is 0. The summed E-state index contributed by atoms with van der Waals surface area (Å²) in [5.74, 6) is 1.56. The lowest BCUT2D eigenvalue weighted by Gasteiger charge is -2.11. The van der Waals surface area contributed by atoms with E-state index in [1.807, 2.05) is 0 Å². The first kappa shape index (κ1) is 11.7. The highest BCUT2D eigenvalue weighted by molar-refractivity contribution is 5.27. The van der Waals surface area contributed by atoms with E-state index in [9.17, 15) is 0 Å². The van der Waals surface area contributed by atoms with Crippen LogP contribution in [0.5, 0.6) is 5.88 Å². The molecule has 0 saturated heterocycles. The quantitative estimate of drug-likeness (QED) is 0.765. The van der Waals surface area contributed by atoms with Gasteiger partial charge in [0, 0.05) is 25.9 Å². The van der Waals surface area contributed by atoms with Crippen molar-refractivity contribution in [3.8, 4) is 5.88 Å². The van der Waals surface area contributed by atoms with E-state index >= 15 is 0 Å². The fourth-order valence-corrected chi connectivity index (χ4v) is 1.15. The van der Waals surface area contributed by atoms with E-state index in [4.69, 9.17) is 9.47 Å². The van der Waals surface area contributed by atoms with Gasteiger partial charge in [-0.25, -0.2) is 4.98 Å². The average Bonchev–Trinajstić information content (AvgIpc) is 2.27. The number of aromatic nitrogens is 2. The van der Waals surface area contributed by atoms with Crippen LogP contribution in [-0.4, -0.2) is 37.3 Å². The molecule has 1 aromatic rings. The molecule has 0 aromatic carbocycles. The SMILES string of the molecule is COC[C@@H](C)CNc1nccc(OC)n1. The molecule has 1 heterocycles. The van der Waals surface area contributed by atoms with Gasteiger partial charge in [0.2, 0.25) is 11.8 Å². The fourth-order valence-electron chi connectivity index (χ4n) is 1.15. The van der Waals surface area contributed by atoms with E-state index in [-0.39, 0.29) is 0 Å². The van der Waals surface area contributed by atoms with Gasteiger partial charge in [-0.2, -0.15) is 4.98 Å². The lowest BCUT2D eigenvalue weighted by atomic mass is 10.2. The highest BCUT2D eigenvalue weighted by Crippen LogP contribution is 2.07. The highest BCUT2D eigenvalue weighted by Gasteiger charge is 2.03. The van der Waals surface area contributed by atoms with Gasteiger partial charge in [0.05, 0.1) is 13.7 Å². The summed E-state index contributed by atoms with van der Waals surface area (Å²) in [6, 6.07) is 1.71. The Morgan fingerprint density at radius 1 is 1.47 bits per heavy atom. The van der Waals surface area contributed by atoms with Gasteiger partial charge in [-0.3, -0.25) is 0 Å². The van der Waals surface area contributed by atoms with Crippen LogP contribution < -0.4 is 10.1 Å². The Hall–Kier alpha value is -1.36. The minimum absolute atomic E-state index is 0.421. The predicted octanol–water partition coefficient (Wildman–Crippen LogP) is 1.18. The Balaban J connectivity index is 2.43. The van der Waals surface area contributed by atoms with Crippen LogP contribution in [0.4, 0.5) is 5.95 Å². The molecule has 5 nitrogen and oxygen atoms in total. The standard InChI is InChI=1S/C10H17N3O2/c1-8(7-14-2)6-12-10-11-5-4-9(13-10)15-3/h4-5,8H,6-7H2,1-3H3,(H,11,12,13)/t8-/m0/s1. The lowest BCUT2D eigenvalue weighted by Crippen LogP contribution is -2.17. The van der Waals surface area contributed by atoms with Gasteiger partial charge in [-0.15, -0.1) is 0 Å². The van der Waals surface area contributed by atoms with Crippen molar-refractivity contribution >= 4 is 5.95 Å². The van der Waals surface area contributed by atoms with Crippen molar-refractivity contribution in [3.05, 3.63) is 12.3 Å². The first-order chi connectivity index (χ1) is 7.26. The maximum Gasteiger partial charge on any atom is 0.225 e. The average molecular weight is 211 g/mol. The third kappa shape index (κ3) is 4.12. The molecule has 15 heavy (non-hydrogen) atoms. The molecule has 0 aliphatic carbocycles. The maximum atomic E-state index is 5.03. The van der Waals surface area contributed by atoms with Crippen molar-refractivity contribution < 1.29 is 9.47 Å². The second-order valence-electron chi connectivity index (χ2n) is 3.36. The predicted molar refractivity (Wildman–Crippen MR) is 58.1 cm³/mol. The van der Waals surface area contributed by atoms with Crippen molar-refractivity contribution in [2.45, 2.75) is 6.92 Å². The molecule has 1 atom stereocenters. The minimum atomic E-state index is 0.421. The minimum Gasteiger partial charge on any atom is -0.481 e. The number of rotatable bonds is 6. The number of nitrogens with one attached hydrogen (secondary N) is 1. The molecule has 0 saturated carbocycles. The van der Waals surface area contributed by atoms with Crippen LogP contribution in [0.3, 0.4) is 0 Å². The van der Waals surface area contributed by atoms with Gasteiger partial charge in [0.15, 0.2) is 0 Å². The van der Waals surface area contributed by atoms with Gasteiger partial charge in [-0.05, 0) is 5.92 Å². The molecular weight excluding hydrogens is 194 g/mol. The molecule has 0 amide bonds. The maximum absolute atomic E-state index is 5.03. The molecule has 5 heteroatoms. The fraction of sp³-hybridized carbons (Fsp3) is 0.600. The number of hydrogen-bond acceptors (Lipinski definition) is 5.